The number of ether oxygens (including phenoxy) is 1. The van der Waals surface area contributed by atoms with Crippen LogP contribution >= 0.6 is 22.9 Å². The van der Waals surface area contributed by atoms with Gasteiger partial charge in [-0.05, 0) is 47.4 Å². The highest BCUT2D eigenvalue weighted by Gasteiger charge is 2.31. The van der Waals surface area contributed by atoms with Crippen LogP contribution in [0, 0.1) is 0 Å². The second-order valence-electron chi connectivity index (χ2n) is 6.38. The summed E-state index contributed by atoms with van der Waals surface area (Å²) in [5.74, 6) is 0.0315. The maximum absolute atomic E-state index is 13.1. The van der Waals surface area contributed by atoms with Crippen LogP contribution in [0.5, 0.6) is 5.75 Å². The van der Waals surface area contributed by atoms with Crippen molar-refractivity contribution in [3.8, 4) is 5.75 Å². The number of nitrogens with zero attached hydrogens (tertiary/aromatic N) is 1. The fourth-order valence-corrected chi connectivity index (χ4v) is 3.81. The van der Waals surface area contributed by atoms with Gasteiger partial charge in [-0.1, -0.05) is 41.9 Å². The lowest BCUT2D eigenvalue weighted by Gasteiger charge is -2.30. The molecule has 0 radical (unpaired) electrons. The molecule has 1 aliphatic rings. The molecule has 2 heterocycles. The lowest BCUT2D eigenvalue weighted by atomic mass is 10.1. The number of hydrogen-bond donors (Lipinski definition) is 1. The Morgan fingerprint density at radius 1 is 1.14 bits per heavy atom. The SMILES string of the molecule is O=C(CN1C(=O)C(=Cc2cccc(Cl)c2)Oc2ccccc21)NCc1cccs1. The molecule has 0 unspecified atom stereocenters. The number of benzene rings is 2. The van der Waals surface area contributed by atoms with Crippen molar-refractivity contribution in [2.24, 2.45) is 0 Å². The van der Waals surface area contributed by atoms with Crippen molar-refractivity contribution >= 4 is 46.5 Å². The van der Waals surface area contributed by atoms with Crippen LogP contribution < -0.4 is 15.0 Å². The maximum Gasteiger partial charge on any atom is 0.294 e. The van der Waals surface area contributed by atoms with Gasteiger partial charge in [-0.2, -0.15) is 0 Å². The van der Waals surface area contributed by atoms with Crippen molar-refractivity contribution in [3.05, 3.63) is 87.3 Å². The molecule has 1 N–H and O–H groups in total. The molecule has 0 saturated carbocycles. The molecule has 0 aliphatic carbocycles. The topological polar surface area (TPSA) is 58.6 Å². The molecular weight excluding hydrogens is 408 g/mol. The molecule has 0 bridgehead atoms. The third-order valence-corrected chi connectivity index (χ3v) is 5.43. The van der Waals surface area contributed by atoms with Crippen molar-refractivity contribution in [1.82, 2.24) is 5.32 Å². The van der Waals surface area contributed by atoms with E-state index in [0.717, 1.165) is 10.4 Å². The van der Waals surface area contributed by atoms with Gasteiger partial charge in [-0.25, -0.2) is 0 Å². The van der Waals surface area contributed by atoms with Gasteiger partial charge in [0.2, 0.25) is 5.91 Å². The van der Waals surface area contributed by atoms with E-state index >= 15 is 0 Å². The molecule has 0 atom stereocenters. The lowest BCUT2D eigenvalue weighted by Crippen LogP contribution is -2.44. The molecule has 146 valence electrons. The molecule has 7 heteroatoms. The van der Waals surface area contributed by atoms with Gasteiger partial charge in [-0.3, -0.25) is 14.5 Å². The van der Waals surface area contributed by atoms with Crippen molar-refractivity contribution in [2.75, 3.05) is 11.4 Å². The van der Waals surface area contributed by atoms with Gasteiger partial charge in [0.25, 0.3) is 5.91 Å². The summed E-state index contributed by atoms with van der Waals surface area (Å²) in [6, 6.07) is 18.2. The predicted octanol–water partition coefficient (Wildman–Crippen LogP) is 4.48. The average molecular weight is 425 g/mol. The first-order valence-corrected chi connectivity index (χ1v) is 10.2. The van der Waals surface area contributed by atoms with Crippen molar-refractivity contribution in [2.45, 2.75) is 6.54 Å². The zero-order chi connectivity index (χ0) is 20.2. The number of carbonyl (C=O) groups excluding carboxylic acids is 2. The van der Waals surface area contributed by atoms with E-state index in [2.05, 4.69) is 5.32 Å². The summed E-state index contributed by atoms with van der Waals surface area (Å²) in [6.45, 7) is 0.333. The minimum atomic E-state index is -0.380. The number of nitrogens with one attached hydrogen (secondary N) is 1. The Bertz CT molecular complexity index is 1080. The Morgan fingerprint density at radius 2 is 2.00 bits per heavy atom. The lowest BCUT2D eigenvalue weighted by molar-refractivity contribution is -0.123. The van der Waals surface area contributed by atoms with Crippen LogP contribution in [0.2, 0.25) is 5.02 Å². The van der Waals surface area contributed by atoms with Gasteiger partial charge < -0.3 is 10.1 Å². The molecule has 0 spiro atoms. The highest BCUT2D eigenvalue weighted by molar-refractivity contribution is 7.09. The van der Waals surface area contributed by atoms with Crippen molar-refractivity contribution in [1.29, 1.82) is 0 Å². The van der Waals surface area contributed by atoms with E-state index in [9.17, 15) is 9.59 Å². The van der Waals surface area contributed by atoms with Crippen LogP contribution in [-0.2, 0) is 16.1 Å². The second kappa shape index (κ2) is 8.51. The average Bonchev–Trinajstić information content (AvgIpc) is 3.23. The first kappa shape index (κ1) is 19.2. The fraction of sp³-hybridized carbons (Fsp3) is 0.0909. The summed E-state index contributed by atoms with van der Waals surface area (Å²) >= 11 is 7.60. The summed E-state index contributed by atoms with van der Waals surface area (Å²) in [7, 11) is 0. The Labute approximate surface area is 177 Å². The van der Waals surface area contributed by atoms with E-state index in [1.54, 1.807) is 53.8 Å². The summed E-state index contributed by atoms with van der Waals surface area (Å²) in [4.78, 5) is 28.0. The third-order valence-electron chi connectivity index (χ3n) is 4.32. The van der Waals surface area contributed by atoms with Crippen LogP contribution in [0.25, 0.3) is 6.08 Å². The first-order valence-electron chi connectivity index (χ1n) is 8.95. The molecular formula is C22H17ClN2O3S. The Hall–Kier alpha value is -3.09. The largest absolute Gasteiger partial charge is 0.449 e. The molecule has 29 heavy (non-hydrogen) atoms. The molecule has 0 saturated heterocycles. The number of thiophene rings is 1. The smallest absolute Gasteiger partial charge is 0.294 e. The highest BCUT2D eigenvalue weighted by atomic mass is 35.5. The van der Waals surface area contributed by atoms with Crippen molar-refractivity contribution in [3.63, 3.8) is 0 Å². The van der Waals surface area contributed by atoms with Crippen LogP contribution in [-0.4, -0.2) is 18.4 Å². The van der Waals surface area contributed by atoms with E-state index in [-0.39, 0.29) is 24.1 Å². The number of para-hydroxylation sites is 2. The number of rotatable bonds is 5. The standard InChI is InChI=1S/C22H17ClN2O3S/c23-16-6-3-5-15(11-16)12-20-22(27)25(18-8-1-2-9-19(18)28-20)14-21(26)24-13-17-7-4-10-29-17/h1-12H,13-14H2,(H,24,26). The summed E-state index contributed by atoms with van der Waals surface area (Å²) in [5, 5.41) is 5.37. The van der Waals surface area contributed by atoms with Gasteiger partial charge in [-0.15, -0.1) is 11.3 Å². The second-order valence-corrected chi connectivity index (χ2v) is 7.85. The molecule has 1 aliphatic heterocycles. The number of carbonyl (C=O) groups is 2. The molecule has 1 aromatic heterocycles. The molecule has 2 amide bonds. The van der Waals surface area contributed by atoms with Gasteiger partial charge >= 0.3 is 0 Å². The van der Waals surface area contributed by atoms with Crippen LogP contribution in [0.15, 0.2) is 71.8 Å². The van der Waals surface area contributed by atoms with Crippen molar-refractivity contribution < 1.29 is 14.3 Å². The summed E-state index contributed by atoms with van der Waals surface area (Å²) in [5.41, 5.74) is 1.30. The molecule has 2 aromatic carbocycles. The van der Waals surface area contributed by atoms with E-state index in [1.165, 1.54) is 4.90 Å². The minimum absolute atomic E-state index is 0.0997. The Balaban J connectivity index is 1.58. The number of amides is 2. The number of hydrogen-bond acceptors (Lipinski definition) is 4. The summed E-state index contributed by atoms with van der Waals surface area (Å²) in [6.07, 6.45) is 1.63. The van der Waals surface area contributed by atoms with Gasteiger partial charge in [0, 0.05) is 9.90 Å². The zero-order valence-electron chi connectivity index (χ0n) is 15.3. The normalized spacial score (nSPS) is 14.4. The molecule has 0 fully saturated rings. The van der Waals surface area contributed by atoms with Gasteiger partial charge in [0.1, 0.15) is 6.54 Å². The predicted molar refractivity (Wildman–Crippen MR) is 115 cm³/mol. The number of halogens is 1. The van der Waals surface area contributed by atoms with E-state index < -0.39 is 0 Å². The fourth-order valence-electron chi connectivity index (χ4n) is 2.97. The molecule has 5 nitrogen and oxygen atoms in total. The van der Waals surface area contributed by atoms with E-state index in [4.69, 9.17) is 16.3 Å². The minimum Gasteiger partial charge on any atom is -0.449 e. The van der Waals surface area contributed by atoms with E-state index in [0.29, 0.717) is 23.0 Å². The van der Waals surface area contributed by atoms with Gasteiger partial charge in [0.15, 0.2) is 11.5 Å². The number of anilines is 1. The van der Waals surface area contributed by atoms with Crippen LogP contribution in [0.3, 0.4) is 0 Å². The molecule has 3 aromatic rings. The highest BCUT2D eigenvalue weighted by Crippen LogP contribution is 2.35. The molecule has 4 rings (SSSR count). The first-order chi connectivity index (χ1) is 14.1. The van der Waals surface area contributed by atoms with Crippen LogP contribution in [0.4, 0.5) is 5.69 Å². The van der Waals surface area contributed by atoms with E-state index in [1.807, 2.05) is 29.6 Å². The maximum atomic E-state index is 13.1. The van der Waals surface area contributed by atoms with Crippen LogP contribution in [0.1, 0.15) is 10.4 Å². The number of fused-ring (bicyclic) bond motifs is 1. The van der Waals surface area contributed by atoms with Gasteiger partial charge in [0.05, 0.1) is 12.2 Å². The monoisotopic (exact) mass is 424 g/mol. The summed E-state index contributed by atoms with van der Waals surface area (Å²) < 4.78 is 5.82. The third kappa shape index (κ3) is 4.50. The quantitative estimate of drug-likeness (QED) is 0.614. The zero-order valence-corrected chi connectivity index (χ0v) is 16.9. The Kier molecular flexibility index (Phi) is 5.64. The Morgan fingerprint density at radius 3 is 2.79 bits per heavy atom.